The van der Waals surface area contributed by atoms with Crippen LogP contribution in [0.15, 0.2) is 24.3 Å². The number of ether oxygens (including phenoxy) is 1. The molecule has 19 heavy (non-hydrogen) atoms. The van der Waals surface area contributed by atoms with E-state index in [2.05, 4.69) is 24.4 Å². The first kappa shape index (κ1) is 15.2. The maximum Gasteiger partial charge on any atom is 0.0600 e. The summed E-state index contributed by atoms with van der Waals surface area (Å²) in [5, 5.41) is 5.00. The van der Waals surface area contributed by atoms with E-state index in [1.54, 1.807) is 0 Å². The molecule has 1 aromatic rings. The summed E-state index contributed by atoms with van der Waals surface area (Å²) < 4.78 is 5.62. The topological polar surface area (TPSA) is 21.3 Å². The molecule has 0 saturated carbocycles. The Hall–Kier alpha value is -0.220. The fourth-order valence-electron chi connectivity index (χ4n) is 2.22. The first-order valence-corrected chi connectivity index (χ1v) is 8.39. The molecule has 4 heteroatoms. The van der Waals surface area contributed by atoms with Gasteiger partial charge in [-0.25, -0.2) is 0 Å². The minimum absolute atomic E-state index is 0.552. The lowest BCUT2D eigenvalue weighted by Crippen LogP contribution is -2.45. The van der Waals surface area contributed by atoms with E-state index in [9.17, 15) is 0 Å². The van der Waals surface area contributed by atoms with Gasteiger partial charge in [0, 0.05) is 28.7 Å². The third kappa shape index (κ3) is 4.99. The number of thioether (sulfide) groups is 1. The van der Waals surface area contributed by atoms with Crippen molar-refractivity contribution in [2.75, 3.05) is 19.8 Å². The number of benzene rings is 1. The quantitative estimate of drug-likeness (QED) is 0.865. The monoisotopic (exact) mass is 299 g/mol. The van der Waals surface area contributed by atoms with Crippen LogP contribution in [0.1, 0.15) is 25.3 Å². The van der Waals surface area contributed by atoms with E-state index >= 15 is 0 Å². The number of hydrogen-bond donors (Lipinski definition) is 1. The molecule has 0 bridgehead atoms. The zero-order chi connectivity index (χ0) is 13.5. The van der Waals surface area contributed by atoms with Crippen molar-refractivity contribution in [1.29, 1.82) is 0 Å². The molecule has 1 aliphatic rings. The zero-order valence-electron chi connectivity index (χ0n) is 11.4. The molecule has 0 radical (unpaired) electrons. The lowest BCUT2D eigenvalue weighted by Gasteiger charge is -2.32. The maximum absolute atomic E-state index is 5.90. The van der Waals surface area contributed by atoms with E-state index in [1.165, 1.54) is 12.0 Å². The average Bonchev–Trinajstić information content (AvgIpc) is 2.45. The summed E-state index contributed by atoms with van der Waals surface area (Å²) >= 11 is 7.89. The van der Waals surface area contributed by atoms with Crippen LogP contribution in [0.2, 0.25) is 5.02 Å². The molecule has 1 fully saturated rings. The highest BCUT2D eigenvalue weighted by molar-refractivity contribution is 7.99. The van der Waals surface area contributed by atoms with Gasteiger partial charge in [0.15, 0.2) is 0 Å². The minimum atomic E-state index is 0.552. The van der Waals surface area contributed by atoms with E-state index in [4.69, 9.17) is 16.3 Å². The van der Waals surface area contributed by atoms with E-state index in [1.807, 2.05) is 23.9 Å². The predicted molar refractivity (Wildman–Crippen MR) is 84.1 cm³/mol. The Bertz CT molecular complexity index is 371. The number of hydrogen-bond acceptors (Lipinski definition) is 3. The van der Waals surface area contributed by atoms with Crippen LogP contribution in [0.3, 0.4) is 0 Å². The Labute approximate surface area is 125 Å². The van der Waals surface area contributed by atoms with Gasteiger partial charge in [-0.1, -0.05) is 30.7 Å². The molecule has 2 nitrogen and oxygen atoms in total. The second kappa shape index (κ2) is 8.15. The van der Waals surface area contributed by atoms with E-state index in [0.717, 1.165) is 37.0 Å². The van der Waals surface area contributed by atoms with Gasteiger partial charge in [0.25, 0.3) is 0 Å². The fraction of sp³-hybridized carbons (Fsp3) is 0.600. The molecular weight excluding hydrogens is 278 g/mol. The largest absolute Gasteiger partial charge is 0.380 e. The van der Waals surface area contributed by atoms with Crippen LogP contribution >= 0.6 is 23.4 Å². The normalized spacial score (nSPS) is 23.5. The van der Waals surface area contributed by atoms with Gasteiger partial charge in [-0.3, -0.25) is 0 Å². The Morgan fingerprint density at radius 1 is 1.37 bits per heavy atom. The predicted octanol–water partition coefficient (Wildman–Crippen LogP) is 3.73. The lowest BCUT2D eigenvalue weighted by atomic mass is 10.1. The highest BCUT2D eigenvalue weighted by Crippen LogP contribution is 2.25. The van der Waals surface area contributed by atoms with Crippen LogP contribution in [0.5, 0.6) is 0 Å². The van der Waals surface area contributed by atoms with Crippen molar-refractivity contribution >= 4 is 23.4 Å². The third-order valence-electron chi connectivity index (χ3n) is 3.34. The van der Waals surface area contributed by atoms with Gasteiger partial charge in [0.1, 0.15) is 0 Å². The molecule has 1 heterocycles. The summed E-state index contributed by atoms with van der Waals surface area (Å²) in [6.07, 6.45) is 2.31. The zero-order valence-corrected chi connectivity index (χ0v) is 13.0. The van der Waals surface area contributed by atoms with Crippen molar-refractivity contribution in [3.8, 4) is 0 Å². The van der Waals surface area contributed by atoms with Crippen LogP contribution in [0, 0.1) is 0 Å². The summed E-state index contributed by atoms with van der Waals surface area (Å²) in [5.41, 5.74) is 1.33. The molecule has 1 N–H and O–H groups in total. The highest BCUT2D eigenvalue weighted by Gasteiger charge is 2.25. The smallest absolute Gasteiger partial charge is 0.0600 e. The average molecular weight is 300 g/mol. The minimum Gasteiger partial charge on any atom is -0.380 e. The fourth-order valence-corrected chi connectivity index (χ4v) is 3.61. The molecule has 0 aromatic heterocycles. The van der Waals surface area contributed by atoms with Crippen LogP contribution < -0.4 is 5.32 Å². The van der Waals surface area contributed by atoms with Gasteiger partial charge in [-0.2, -0.15) is 0 Å². The van der Waals surface area contributed by atoms with Crippen LogP contribution in [0.25, 0.3) is 0 Å². The molecule has 2 rings (SSSR count). The Morgan fingerprint density at radius 2 is 2.16 bits per heavy atom. The SMILES string of the molecule is CCCNC1CCOCC1SCc1ccc(Cl)cc1. The third-order valence-corrected chi connectivity index (χ3v) is 4.98. The van der Waals surface area contributed by atoms with E-state index < -0.39 is 0 Å². The molecule has 0 amide bonds. The van der Waals surface area contributed by atoms with Gasteiger partial charge in [0.2, 0.25) is 0 Å². The van der Waals surface area contributed by atoms with Crippen LogP contribution in [0.4, 0.5) is 0 Å². The molecule has 0 aliphatic carbocycles. The summed E-state index contributed by atoms with van der Waals surface area (Å²) in [6, 6.07) is 8.72. The number of halogens is 1. The van der Waals surface area contributed by atoms with E-state index in [-0.39, 0.29) is 0 Å². The van der Waals surface area contributed by atoms with Gasteiger partial charge < -0.3 is 10.1 Å². The molecule has 106 valence electrons. The molecule has 1 aromatic carbocycles. The van der Waals surface area contributed by atoms with Crippen molar-refractivity contribution in [3.63, 3.8) is 0 Å². The van der Waals surface area contributed by atoms with Gasteiger partial charge >= 0.3 is 0 Å². The van der Waals surface area contributed by atoms with Crippen molar-refractivity contribution in [2.45, 2.75) is 36.8 Å². The first-order chi connectivity index (χ1) is 9.29. The van der Waals surface area contributed by atoms with Crippen molar-refractivity contribution in [3.05, 3.63) is 34.9 Å². The van der Waals surface area contributed by atoms with Crippen molar-refractivity contribution < 1.29 is 4.74 Å². The highest BCUT2D eigenvalue weighted by atomic mass is 35.5. The second-order valence-electron chi connectivity index (χ2n) is 4.90. The molecular formula is C15H22ClNOS. The molecule has 1 aliphatic heterocycles. The molecule has 1 saturated heterocycles. The van der Waals surface area contributed by atoms with Gasteiger partial charge in [0.05, 0.1) is 6.61 Å². The summed E-state index contributed by atoms with van der Waals surface area (Å²) in [6.45, 7) is 5.06. The number of rotatable bonds is 6. The Morgan fingerprint density at radius 3 is 2.89 bits per heavy atom. The molecule has 0 spiro atoms. The van der Waals surface area contributed by atoms with Crippen molar-refractivity contribution in [1.82, 2.24) is 5.32 Å². The summed E-state index contributed by atoms with van der Waals surface area (Å²) in [4.78, 5) is 0. The second-order valence-corrected chi connectivity index (χ2v) is 6.56. The lowest BCUT2D eigenvalue weighted by molar-refractivity contribution is 0.0833. The first-order valence-electron chi connectivity index (χ1n) is 6.96. The van der Waals surface area contributed by atoms with Gasteiger partial charge in [-0.15, -0.1) is 11.8 Å². The summed E-state index contributed by atoms with van der Waals surface area (Å²) in [5.74, 6) is 1.02. The number of nitrogens with one attached hydrogen (secondary N) is 1. The van der Waals surface area contributed by atoms with E-state index in [0.29, 0.717) is 11.3 Å². The van der Waals surface area contributed by atoms with Crippen LogP contribution in [-0.4, -0.2) is 31.1 Å². The standard InChI is InChI=1S/C15H22ClNOS/c1-2-8-17-14-7-9-18-10-15(14)19-11-12-3-5-13(16)6-4-12/h3-6,14-15,17H,2,7-11H2,1H3. The molecule has 2 unspecified atom stereocenters. The Kier molecular flexibility index (Phi) is 6.51. The maximum atomic E-state index is 5.90. The van der Waals surface area contributed by atoms with Crippen LogP contribution in [-0.2, 0) is 10.5 Å². The summed E-state index contributed by atoms with van der Waals surface area (Å²) in [7, 11) is 0. The molecule has 2 atom stereocenters. The Balaban J connectivity index is 1.83. The van der Waals surface area contributed by atoms with Gasteiger partial charge in [-0.05, 0) is 37.1 Å². The van der Waals surface area contributed by atoms with Crippen molar-refractivity contribution in [2.24, 2.45) is 0 Å².